The van der Waals surface area contributed by atoms with Crippen molar-refractivity contribution in [3.8, 4) is 0 Å². The van der Waals surface area contributed by atoms with Crippen LogP contribution in [0.3, 0.4) is 0 Å². The molecule has 0 unspecified atom stereocenters. The molecule has 1 aliphatic rings. The number of ether oxygens (including phenoxy) is 1. The number of hydrogen-bond acceptors (Lipinski definition) is 5. The summed E-state index contributed by atoms with van der Waals surface area (Å²) in [6.07, 6.45) is 2.29. The van der Waals surface area contributed by atoms with E-state index in [1.54, 1.807) is 18.2 Å². The molecule has 25 heavy (non-hydrogen) atoms. The maximum absolute atomic E-state index is 13.0. The first-order valence-corrected chi connectivity index (χ1v) is 9.20. The number of fused-ring (bicyclic) bond motifs is 1. The minimum absolute atomic E-state index is 0.00412. The zero-order valence-electron chi connectivity index (χ0n) is 13.8. The zero-order chi connectivity index (χ0) is 18.0. The van der Waals surface area contributed by atoms with Gasteiger partial charge in [0.1, 0.15) is 0 Å². The van der Waals surface area contributed by atoms with Crippen LogP contribution in [0.25, 0.3) is 0 Å². The summed E-state index contributed by atoms with van der Waals surface area (Å²) < 4.78 is 32.0. The number of esters is 1. The van der Waals surface area contributed by atoms with Crippen LogP contribution in [0.1, 0.15) is 11.1 Å². The molecule has 2 aromatic rings. The molecule has 3 rings (SSSR count). The van der Waals surface area contributed by atoms with Gasteiger partial charge in [-0.3, -0.25) is 4.31 Å². The van der Waals surface area contributed by atoms with Crippen LogP contribution in [-0.2, 0) is 32.4 Å². The smallest absolute Gasteiger partial charge is 0.333 e. The first-order valence-electron chi connectivity index (χ1n) is 7.76. The van der Waals surface area contributed by atoms with Gasteiger partial charge in [0.05, 0.1) is 12.8 Å². The van der Waals surface area contributed by atoms with Gasteiger partial charge in [0, 0.05) is 24.7 Å². The molecule has 130 valence electrons. The molecule has 0 spiro atoms. The lowest BCUT2D eigenvalue weighted by Gasteiger charge is -2.21. The van der Waals surface area contributed by atoms with Crippen molar-refractivity contribution in [2.45, 2.75) is 17.9 Å². The molecular weight excluding hydrogens is 340 g/mol. The van der Waals surface area contributed by atoms with Gasteiger partial charge in [-0.1, -0.05) is 30.8 Å². The Morgan fingerprint density at radius 1 is 1.28 bits per heavy atom. The SMILES string of the molecule is C=C(Cc1cccc2c1N(S(=O)(=O)c1ccccn1)CC2)C(=O)OC. The molecule has 0 N–H and O–H groups in total. The fourth-order valence-electron chi connectivity index (χ4n) is 2.94. The fourth-order valence-corrected chi connectivity index (χ4v) is 4.42. The quantitative estimate of drug-likeness (QED) is 0.604. The largest absolute Gasteiger partial charge is 0.466 e. The Kier molecular flexibility index (Phi) is 4.59. The molecule has 0 radical (unpaired) electrons. The normalized spacial score (nSPS) is 13.4. The van der Waals surface area contributed by atoms with Crippen molar-refractivity contribution in [1.82, 2.24) is 4.98 Å². The highest BCUT2D eigenvalue weighted by Gasteiger charge is 2.33. The number of benzene rings is 1. The van der Waals surface area contributed by atoms with Crippen LogP contribution in [0.2, 0.25) is 0 Å². The maximum atomic E-state index is 13.0. The van der Waals surface area contributed by atoms with Gasteiger partial charge in [0.15, 0.2) is 5.03 Å². The summed E-state index contributed by atoms with van der Waals surface area (Å²) in [6.45, 7) is 4.08. The Bertz CT molecular complexity index is 923. The number of hydrogen-bond donors (Lipinski definition) is 0. The number of rotatable bonds is 5. The fraction of sp³-hybridized carbons (Fsp3) is 0.222. The second-order valence-electron chi connectivity index (χ2n) is 5.69. The summed E-state index contributed by atoms with van der Waals surface area (Å²) in [5.41, 5.74) is 2.54. The lowest BCUT2D eigenvalue weighted by Crippen LogP contribution is -2.30. The minimum atomic E-state index is -3.76. The average molecular weight is 358 g/mol. The number of para-hydroxylation sites is 1. The molecule has 1 aromatic heterocycles. The van der Waals surface area contributed by atoms with Gasteiger partial charge < -0.3 is 4.74 Å². The second-order valence-corrected chi connectivity index (χ2v) is 7.50. The summed E-state index contributed by atoms with van der Waals surface area (Å²) in [5.74, 6) is -0.505. The third-order valence-corrected chi connectivity index (χ3v) is 5.82. The molecule has 0 saturated carbocycles. The van der Waals surface area contributed by atoms with Crippen LogP contribution in [-0.4, -0.2) is 33.0 Å². The number of nitrogens with zero attached hydrogens (tertiary/aromatic N) is 2. The predicted molar refractivity (Wildman–Crippen MR) is 93.8 cm³/mol. The summed E-state index contributed by atoms with van der Waals surface area (Å²) >= 11 is 0. The standard InChI is InChI=1S/C18H18N2O4S/c1-13(18(21)24-2)12-15-7-5-6-14-9-11-20(17(14)15)25(22,23)16-8-3-4-10-19-16/h3-8,10H,1,9,11-12H2,2H3. The first kappa shape index (κ1) is 17.2. The van der Waals surface area contributed by atoms with Crippen LogP contribution >= 0.6 is 0 Å². The summed E-state index contributed by atoms with van der Waals surface area (Å²) in [6, 6.07) is 10.3. The Labute approximate surface area is 146 Å². The van der Waals surface area contributed by atoms with E-state index in [0.717, 1.165) is 11.1 Å². The molecule has 1 aliphatic heterocycles. The lowest BCUT2D eigenvalue weighted by molar-refractivity contribution is -0.136. The van der Waals surface area contributed by atoms with Crippen LogP contribution in [0.15, 0.2) is 59.8 Å². The van der Waals surface area contributed by atoms with E-state index in [4.69, 9.17) is 0 Å². The van der Waals surface area contributed by atoms with E-state index in [1.165, 1.54) is 23.7 Å². The minimum Gasteiger partial charge on any atom is -0.466 e. The Morgan fingerprint density at radius 2 is 2.08 bits per heavy atom. The summed E-state index contributed by atoms with van der Waals surface area (Å²) in [5, 5.41) is 0.00412. The molecule has 7 heteroatoms. The van der Waals surface area contributed by atoms with Crippen molar-refractivity contribution in [2.24, 2.45) is 0 Å². The van der Waals surface area contributed by atoms with Crippen LogP contribution < -0.4 is 4.31 Å². The molecule has 0 saturated heterocycles. The summed E-state index contributed by atoms with van der Waals surface area (Å²) in [7, 11) is -2.47. The maximum Gasteiger partial charge on any atom is 0.333 e. The average Bonchev–Trinajstić information content (AvgIpc) is 3.07. The number of carbonyl (C=O) groups is 1. The van der Waals surface area contributed by atoms with Crippen molar-refractivity contribution in [1.29, 1.82) is 0 Å². The van der Waals surface area contributed by atoms with Gasteiger partial charge in [-0.05, 0) is 29.7 Å². The monoisotopic (exact) mass is 358 g/mol. The zero-order valence-corrected chi connectivity index (χ0v) is 14.6. The molecule has 1 aromatic carbocycles. The van der Waals surface area contributed by atoms with Crippen molar-refractivity contribution in [3.63, 3.8) is 0 Å². The molecule has 2 heterocycles. The van der Waals surface area contributed by atoms with Crippen molar-refractivity contribution in [2.75, 3.05) is 18.0 Å². The third-order valence-electron chi connectivity index (χ3n) is 4.11. The van der Waals surface area contributed by atoms with E-state index in [0.29, 0.717) is 18.7 Å². The number of carbonyl (C=O) groups excluding carboxylic acids is 1. The Balaban J connectivity index is 2.02. The topological polar surface area (TPSA) is 76.6 Å². The number of methoxy groups -OCH3 is 1. The highest BCUT2D eigenvalue weighted by molar-refractivity contribution is 7.92. The third kappa shape index (κ3) is 3.15. The van der Waals surface area contributed by atoms with E-state index in [2.05, 4.69) is 16.3 Å². The van der Waals surface area contributed by atoms with E-state index >= 15 is 0 Å². The van der Waals surface area contributed by atoms with Gasteiger partial charge in [-0.25, -0.2) is 9.78 Å². The molecule has 0 fully saturated rings. The van der Waals surface area contributed by atoms with E-state index in [9.17, 15) is 13.2 Å². The lowest BCUT2D eigenvalue weighted by atomic mass is 10.0. The highest BCUT2D eigenvalue weighted by Crippen LogP contribution is 2.36. The predicted octanol–water partition coefficient (Wildman–Crippen LogP) is 2.10. The number of aromatic nitrogens is 1. The molecule has 0 atom stereocenters. The number of anilines is 1. The first-order chi connectivity index (χ1) is 11.9. The summed E-state index contributed by atoms with van der Waals surface area (Å²) in [4.78, 5) is 15.6. The number of sulfonamides is 1. The highest BCUT2D eigenvalue weighted by atomic mass is 32.2. The molecule has 0 bridgehead atoms. The number of pyridine rings is 1. The van der Waals surface area contributed by atoms with Gasteiger partial charge in [-0.15, -0.1) is 0 Å². The second kappa shape index (κ2) is 6.68. The van der Waals surface area contributed by atoms with Crippen LogP contribution in [0.4, 0.5) is 5.69 Å². The molecular formula is C18H18N2O4S. The van der Waals surface area contributed by atoms with Gasteiger partial charge in [0.2, 0.25) is 0 Å². The molecule has 0 amide bonds. The molecule has 0 aliphatic carbocycles. The van der Waals surface area contributed by atoms with Gasteiger partial charge >= 0.3 is 5.97 Å². The van der Waals surface area contributed by atoms with E-state index in [-0.39, 0.29) is 17.0 Å². The van der Waals surface area contributed by atoms with Gasteiger partial charge in [-0.2, -0.15) is 8.42 Å². The van der Waals surface area contributed by atoms with E-state index < -0.39 is 16.0 Å². The van der Waals surface area contributed by atoms with Crippen molar-refractivity contribution in [3.05, 3.63) is 65.9 Å². The Morgan fingerprint density at radius 3 is 2.76 bits per heavy atom. The van der Waals surface area contributed by atoms with Crippen molar-refractivity contribution >= 4 is 21.7 Å². The van der Waals surface area contributed by atoms with Crippen LogP contribution in [0, 0.1) is 0 Å². The Hall–Kier alpha value is -2.67. The van der Waals surface area contributed by atoms with E-state index in [1.807, 2.05) is 12.1 Å². The molecule has 6 nitrogen and oxygen atoms in total. The van der Waals surface area contributed by atoms with Crippen molar-refractivity contribution < 1.29 is 17.9 Å². The van der Waals surface area contributed by atoms with Crippen LogP contribution in [0.5, 0.6) is 0 Å². The van der Waals surface area contributed by atoms with Gasteiger partial charge in [0.25, 0.3) is 10.0 Å².